The van der Waals surface area contributed by atoms with Gasteiger partial charge in [-0.25, -0.2) is 3.97 Å². The van der Waals surface area contributed by atoms with E-state index in [4.69, 9.17) is 14.2 Å². The molecule has 1 aliphatic rings. The van der Waals surface area contributed by atoms with Crippen LogP contribution in [-0.2, 0) is 15.0 Å². The SMILES string of the molecule is COc1cc(C(=O)N/C(=C\c2cn(S(=O)(=O)N(C)C)c3ccccc23)C(=O)N2CCCCCC2)cc(OC)c1OC. The largest absolute Gasteiger partial charge is 0.493 e. The van der Waals surface area contributed by atoms with Gasteiger partial charge in [0.1, 0.15) is 5.70 Å². The summed E-state index contributed by atoms with van der Waals surface area (Å²) in [6.45, 7) is 1.12. The number of rotatable bonds is 9. The minimum Gasteiger partial charge on any atom is -0.493 e. The first-order chi connectivity index (χ1) is 19.6. The van der Waals surface area contributed by atoms with Gasteiger partial charge in [0.05, 0.1) is 26.8 Å². The number of nitrogens with one attached hydrogen (secondary N) is 1. The van der Waals surface area contributed by atoms with Crippen LogP contribution in [0.2, 0.25) is 0 Å². The average Bonchev–Trinajstić information content (AvgIpc) is 3.13. The fourth-order valence-electron chi connectivity index (χ4n) is 4.81. The predicted octanol–water partition coefficient (Wildman–Crippen LogP) is 3.50. The average molecular weight is 585 g/mol. The van der Waals surface area contributed by atoms with Crippen LogP contribution in [0.3, 0.4) is 0 Å². The first-order valence-electron chi connectivity index (χ1n) is 13.3. The highest BCUT2D eigenvalue weighted by molar-refractivity contribution is 7.87. The Labute approximate surface area is 240 Å². The number of carbonyl (C=O) groups is 2. The fraction of sp³-hybridized carbons (Fsp3) is 0.379. The van der Waals surface area contributed by atoms with Crippen molar-refractivity contribution in [1.82, 2.24) is 18.5 Å². The maximum Gasteiger partial charge on any atom is 0.307 e. The molecular weight excluding hydrogens is 548 g/mol. The molecule has 11 nitrogen and oxygen atoms in total. The molecule has 0 radical (unpaired) electrons. The van der Waals surface area contributed by atoms with E-state index >= 15 is 0 Å². The molecule has 220 valence electrons. The Bertz CT molecular complexity index is 1540. The topological polar surface area (TPSA) is 119 Å². The number of likely N-dealkylation sites (tertiary alicyclic amines) is 1. The van der Waals surface area contributed by atoms with E-state index < -0.39 is 16.1 Å². The van der Waals surface area contributed by atoms with Gasteiger partial charge in [0.15, 0.2) is 11.5 Å². The number of aromatic nitrogens is 1. The van der Waals surface area contributed by atoms with Crippen LogP contribution < -0.4 is 19.5 Å². The number of benzene rings is 2. The smallest absolute Gasteiger partial charge is 0.307 e. The number of para-hydroxylation sites is 1. The molecule has 4 rings (SSSR count). The van der Waals surface area contributed by atoms with Crippen molar-refractivity contribution in [3.05, 3.63) is 59.4 Å². The summed E-state index contributed by atoms with van der Waals surface area (Å²) in [6.07, 6.45) is 6.77. The number of fused-ring (bicyclic) bond motifs is 1. The highest BCUT2D eigenvalue weighted by Gasteiger charge is 2.26. The first kappa shape index (κ1) is 29.9. The van der Waals surface area contributed by atoms with E-state index in [9.17, 15) is 18.0 Å². The molecule has 0 spiro atoms. The van der Waals surface area contributed by atoms with Crippen molar-refractivity contribution in [1.29, 1.82) is 0 Å². The van der Waals surface area contributed by atoms with Crippen LogP contribution in [0.1, 0.15) is 41.6 Å². The van der Waals surface area contributed by atoms with Gasteiger partial charge >= 0.3 is 10.2 Å². The second-order valence-electron chi connectivity index (χ2n) is 9.82. The maximum absolute atomic E-state index is 13.9. The zero-order valence-corrected chi connectivity index (χ0v) is 24.8. The number of hydrogen-bond donors (Lipinski definition) is 1. The molecule has 41 heavy (non-hydrogen) atoms. The summed E-state index contributed by atoms with van der Waals surface area (Å²) in [5.41, 5.74) is 1.13. The van der Waals surface area contributed by atoms with Crippen molar-refractivity contribution in [2.24, 2.45) is 0 Å². The molecule has 12 heteroatoms. The van der Waals surface area contributed by atoms with Crippen LogP contribution in [0.25, 0.3) is 17.0 Å². The monoisotopic (exact) mass is 584 g/mol. The standard InChI is InChI=1S/C29H36N4O7S/c1-31(2)41(36,37)33-19-21(22-12-8-9-13-24(22)33)16-23(29(35)32-14-10-6-7-11-15-32)30-28(34)20-17-25(38-3)27(40-5)26(18-20)39-4/h8-9,12-13,16-19H,6-7,10-11,14-15H2,1-5H3,(H,30,34)/b23-16-. The van der Waals surface area contributed by atoms with Gasteiger partial charge in [0.25, 0.3) is 11.8 Å². The lowest BCUT2D eigenvalue weighted by Crippen LogP contribution is -2.39. The number of nitrogens with zero attached hydrogens (tertiary/aromatic N) is 3. The van der Waals surface area contributed by atoms with E-state index in [0.717, 1.165) is 30.0 Å². The Morgan fingerprint density at radius 2 is 1.54 bits per heavy atom. The van der Waals surface area contributed by atoms with Crippen molar-refractivity contribution in [2.75, 3.05) is 48.5 Å². The molecule has 1 aliphatic heterocycles. The summed E-state index contributed by atoms with van der Waals surface area (Å²) < 4.78 is 44.6. The number of ether oxygens (including phenoxy) is 3. The van der Waals surface area contributed by atoms with Gasteiger partial charge in [-0.2, -0.15) is 12.7 Å². The Morgan fingerprint density at radius 1 is 0.927 bits per heavy atom. The number of hydrogen-bond acceptors (Lipinski definition) is 7. The lowest BCUT2D eigenvalue weighted by molar-refractivity contribution is -0.127. The molecule has 3 aromatic rings. The van der Waals surface area contributed by atoms with E-state index in [2.05, 4.69) is 5.32 Å². The lowest BCUT2D eigenvalue weighted by Gasteiger charge is -2.22. The van der Waals surface area contributed by atoms with Gasteiger partial charge < -0.3 is 24.4 Å². The summed E-state index contributed by atoms with van der Waals surface area (Å²) >= 11 is 0. The second-order valence-corrected chi connectivity index (χ2v) is 11.8. The van der Waals surface area contributed by atoms with Gasteiger partial charge in [0, 0.05) is 49.9 Å². The van der Waals surface area contributed by atoms with Crippen LogP contribution >= 0.6 is 0 Å². The lowest BCUT2D eigenvalue weighted by atomic mass is 10.1. The van der Waals surface area contributed by atoms with Crippen LogP contribution in [0.4, 0.5) is 0 Å². The summed E-state index contributed by atoms with van der Waals surface area (Å²) in [4.78, 5) is 29.2. The molecule has 0 unspecified atom stereocenters. The summed E-state index contributed by atoms with van der Waals surface area (Å²) in [5.74, 6) is -0.00198. The van der Waals surface area contributed by atoms with E-state index in [1.165, 1.54) is 63.8 Å². The molecule has 2 aromatic carbocycles. The highest BCUT2D eigenvalue weighted by atomic mass is 32.2. The molecule has 2 heterocycles. The fourth-order valence-corrected chi connectivity index (χ4v) is 5.82. The van der Waals surface area contributed by atoms with Crippen LogP contribution in [-0.4, -0.2) is 81.9 Å². The molecule has 1 aromatic heterocycles. The Kier molecular flexibility index (Phi) is 9.24. The molecule has 0 atom stereocenters. The van der Waals surface area contributed by atoms with Crippen LogP contribution in [0.5, 0.6) is 17.2 Å². The van der Waals surface area contributed by atoms with Gasteiger partial charge in [-0.15, -0.1) is 0 Å². The summed E-state index contributed by atoms with van der Waals surface area (Å²) in [6, 6.07) is 10.0. The third kappa shape index (κ3) is 6.18. The minimum atomic E-state index is -3.85. The molecule has 0 saturated carbocycles. The molecule has 0 aliphatic carbocycles. The third-order valence-corrected chi connectivity index (χ3v) is 8.74. The first-order valence-corrected chi connectivity index (χ1v) is 14.7. The van der Waals surface area contributed by atoms with Crippen LogP contribution in [0.15, 0.2) is 48.3 Å². The summed E-state index contributed by atoms with van der Waals surface area (Å²) in [7, 11) is 3.41. The Balaban J connectivity index is 1.83. The van der Waals surface area contributed by atoms with E-state index in [1.807, 2.05) is 0 Å². The van der Waals surface area contributed by atoms with Gasteiger partial charge in [-0.3, -0.25) is 9.59 Å². The predicted molar refractivity (Wildman–Crippen MR) is 157 cm³/mol. The van der Waals surface area contributed by atoms with E-state index in [0.29, 0.717) is 46.8 Å². The minimum absolute atomic E-state index is 0.0239. The zero-order valence-electron chi connectivity index (χ0n) is 24.0. The number of carbonyl (C=O) groups excluding carboxylic acids is 2. The number of amides is 2. The van der Waals surface area contributed by atoms with Gasteiger partial charge in [0.2, 0.25) is 5.75 Å². The van der Waals surface area contributed by atoms with Crippen molar-refractivity contribution in [2.45, 2.75) is 25.7 Å². The second kappa shape index (κ2) is 12.6. The molecule has 2 amide bonds. The quantitative estimate of drug-likeness (QED) is 0.383. The summed E-state index contributed by atoms with van der Waals surface area (Å²) in [5, 5.41) is 3.40. The molecule has 1 fully saturated rings. The molecular formula is C29H36N4O7S. The molecule has 0 bridgehead atoms. The van der Waals surface area contributed by atoms with Crippen molar-refractivity contribution >= 4 is 39.0 Å². The van der Waals surface area contributed by atoms with Gasteiger partial charge in [-0.1, -0.05) is 31.0 Å². The Morgan fingerprint density at radius 3 is 2.10 bits per heavy atom. The zero-order chi connectivity index (χ0) is 29.7. The number of methoxy groups -OCH3 is 3. The third-order valence-electron chi connectivity index (χ3n) is 7.02. The van der Waals surface area contributed by atoms with Gasteiger partial charge in [-0.05, 0) is 37.1 Å². The van der Waals surface area contributed by atoms with Crippen molar-refractivity contribution in [3.8, 4) is 17.2 Å². The van der Waals surface area contributed by atoms with Crippen molar-refractivity contribution in [3.63, 3.8) is 0 Å². The molecule has 1 saturated heterocycles. The van der Waals surface area contributed by atoms with E-state index in [-0.39, 0.29) is 17.2 Å². The Hall–Kier alpha value is -4.03. The highest BCUT2D eigenvalue weighted by Crippen LogP contribution is 2.38. The maximum atomic E-state index is 13.9. The molecule has 1 N–H and O–H groups in total. The van der Waals surface area contributed by atoms with E-state index in [1.54, 1.807) is 29.2 Å². The normalized spacial score (nSPS) is 14.6. The van der Waals surface area contributed by atoms with Crippen LogP contribution in [0, 0.1) is 0 Å². The van der Waals surface area contributed by atoms with Crippen molar-refractivity contribution < 1.29 is 32.2 Å².